The van der Waals surface area contributed by atoms with E-state index in [1.54, 1.807) is 6.92 Å². The first-order chi connectivity index (χ1) is 16.1. The number of fused-ring (bicyclic) bond motifs is 1. The van der Waals surface area contributed by atoms with Crippen molar-refractivity contribution >= 4 is 0 Å². The molecule has 0 aromatic rings. The van der Waals surface area contributed by atoms with Crippen LogP contribution in [0.15, 0.2) is 34.9 Å². The molecule has 0 aliphatic heterocycles. The average molecular weight is 507 g/mol. The molecule has 9 heteroatoms. The second kappa shape index (κ2) is 9.95. The summed E-state index contributed by atoms with van der Waals surface area (Å²) in [6.45, 7) is 3.82. The van der Waals surface area contributed by atoms with Crippen molar-refractivity contribution in [2.75, 3.05) is 0 Å². The highest BCUT2D eigenvalue weighted by Crippen LogP contribution is 2.57. The average Bonchev–Trinajstić information content (AvgIpc) is 3.07. The first-order valence-corrected chi connectivity index (χ1v) is 11.9. The second-order valence-corrected chi connectivity index (χ2v) is 10.3. The van der Waals surface area contributed by atoms with Crippen LogP contribution in [0.1, 0.15) is 65.2 Å². The molecular formula is C26H32F6O3. The lowest BCUT2D eigenvalue weighted by Gasteiger charge is -2.42. The molecule has 3 aliphatic carbocycles. The molecule has 0 bridgehead atoms. The molecule has 3 N–H and O–H groups in total. The molecule has 5 atom stereocenters. The Labute approximate surface area is 201 Å². The summed E-state index contributed by atoms with van der Waals surface area (Å²) in [5.74, 6) is 2.81. The maximum absolute atomic E-state index is 12.9. The maximum Gasteiger partial charge on any atom is 0.438 e. The van der Waals surface area contributed by atoms with Crippen LogP contribution >= 0.6 is 0 Å². The summed E-state index contributed by atoms with van der Waals surface area (Å²) in [5, 5.41) is 29.1. The largest absolute Gasteiger partial charge is 0.438 e. The van der Waals surface area contributed by atoms with Gasteiger partial charge in [-0.2, -0.15) is 26.3 Å². The minimum Gasteiger partial charge on any atom is -0.393 e. The lowest BCUT2D eigenvalue weighted by Crippen LogP contribution is -2.55. The summed E-state index contributed by atoms with van der Waals surface area (Å²) < 4.78 is 77.3. The van der Waals surface area contributed by atoms with Crippen LogP contribution in [0.3, 0.4) is 0 Å². The number of alkyl halides is 6. The first kappa shape index (κ1) is 27.8. The van der Waals surface area contributed by atoms with E-state index in [1.165, 1.54) is 5.57 Å². The van der Waals surface area contributed by atoms with E-state index in [0.29, 0.717) is 19.3 Å². The zero-order chi connectivity index (χ0) is 26.2. The molecule has 2 fully saturated rings. The Kier molecular flexibility index (Phi) is 7.91. The van der Waals surface area contributed by atoms with E-state index in [9.17, 15) is 41.7 Å². The Balaban J connectivity index is 1.75. The van der Waals surface area contributed by atoms with E-state index in [0.717, 1.165) is 42.7 Å². The van der Waals surface area contributed by atoms with Crippen molar-refractivity contribution in [2.24, 2.45) is 17.3 Å². The minimum absolute atomic E-state index is 0.166. The number of allylic oxidation sites excluding steroid dienone is 5. The van der Waals surface area contributed by atoms with Gasteiger partial charge >= 0.3 is 18.0 Å². The normalized spacial score (nSPS) is 33.2. The van der Waals surface area contributed by atoms with Crippen molar-refractivity contribution in [3.8, 4) is 11.8 Å². The van der Waals surface area contributed by atoms with E-state index in [4.69, 9.17) is 0 Å². The van der Waals surface area contributed by atoms with Crippen LogP contribution in [0, 0.1) is 29.1 Å². The highest BCUT2D eigenvalue weighted by Gasteiger charge is 2.70. The van der Waals surface area contributed by atoms with E-state index >= 15 is 0 Å². The first-order valence-electron chi connectivity index (χ1n) is 11.9. The number of hydrogen-bond acceptors (Lipinski definition) is 3. The van der Waals surface area contributed by atoms with Gasteiger partial charge in [0.2, 0.25) is 0 Å². The lowest BCUT2D eigenvalue weighted by molar-refractivity contribution is -0.343. The Morgan fingerprint density at radius 2 is 1.69 bits per heavy atom. The third-order valence-corrected chi connectivity index (χ3v) is 7.71. The smallest absolute Gasteiger partial charge is 0.393 e. The Morgan fingerprint density at radius 3 is 2.26 bits per heavy atom. The molecule has 3 nitrogen and oxygen atoms in total. The van der Waals surface area contributed by atoms with Gasteiger partial charge in [-0.3, -0.25) is 0 Å². The molecule has 0 aromatic heterocycles. The standard InChI is InChI=1S/C26H32F6O3/c1-16(5-3-12-24(35,25(27,28)29)26(30,31)32)21-9-10-22-18(6-4-11-23(21,22)2)8-7-17-13-19(33)15-20(34)14-17/h7-9,16,19-20,22,33-35H,4-6,10-11,13-15H2,1-2H3/b17-7?,18-8+/t16?,19-,20?,22?,23-/m1/s1. The summed E-state index contributed by atoms with van der Waals surface area (Å²) in [6.07, 6.45) is -2.46. The molecule has 2 saturated carbocycles. The zero-order valence-corrected chi connectivity index (χ0v) is 19.8. The molecule has 0 aromatic carbocycles. The fourth-order valence-corrected chi connectivity index (χ4v) is 5.89. The molecule has 3 aliphatic rings. The van der Waals surface area contributed by atoms with Crippen molar-refractivity contribution < 1.29 is 41.7 Å². The van der Waals surface area contributed by atoms with Crippen LogP contribution < -0.4 is 0 Å². The minimum atomic E-state index is -5.95. The van der Waals surface area contributed by atoms with Crippen LogP contribution in [-0.4, -0.2) is 45.5 Å². The lowest BCUT2D eigenvalue weighted by atomic mass is 9.62. The fourth-order valence-electron chi connectivity index (χ4n) is 5.89. The molecule has 0 heterocycles. The summed E-state index contributed by atoms with van der Waals surface area (Å²) >= 11 is 0. The predicted molar refractivity (Wildman–Crippen MR) is 119 cm³/mol. The molecule has 0 spiro atoms. The number of aliphatic hydroxyl groups is 3. The van der Waals surface area contributed by atoms with Gasteiger partial charge in [-0.05, 0) is 68.1 Å². The molecular weight excluding hydrogens is 474 g/mol. The number of halogens is 6. The molecule has 3 rings (SSSR count). The zero-order valence-electron chi connectivity index (χ0n) is 19.8. The third kappa shape index (κ3) is 5.65. The fraction of sp³-hybridized carbons (Fsp3) is 0.692. The predicted octanol–water partition coefficient (Wildman–Crippen LogP) is 5.77. The van der Waals surface area contributed by atoms with Gasteiger partial charge in [-0.25, -0.2) is 0 Å². The van der Waals surface area contributed by atoms with Gasteiger partial charge in [0.05, 0.1) is 12.2 Å². The quantitative estimate of drug-likeness (QED) is 0.259. The van der Waals surface area contributed by atoms with E-state index in [1.807, 2.05) is 18.1 Å². The molecule has 0 amide bonds. The summed E-state index contributed by atoms with van der Waals surface area (Å²) in [5.41, 5.74) is -2.16. The van der Waals surface area contributed by atoms with Crippen LogP contribution in [0.4, 0.5) is 26.3 Å². The van der Waals surface area contributed by atoms with Crippen molar-refractivity contribution in [1.29, 1.82) is 0 Å². The summed E-state index contributed by atoms with van der Waals surface area (Å²) in [4.78, 5) is 0. The number of aliphatic hydroxyl groups excluding tert-OH is 2. The topological polar surface area (TPSA) is 60.7 Å². The van der Waals surface area contributed by atoms with Crippen LogP contribution in [0.2, 0.25) is 0 Å². The van der Waals surface area contributed by atoms with Crippen LogP contribution in [-0.2, 0) is 0 Å². The maximum atomic E-state index is 12.9. The Morgan fingerprint density at radius 1 is 1.09 bits per heavy atom. The van der Waals surface area contributed by atoms with Crippen molar-refractivity contribution in [3.05, 3.63) is 34.9 Å². The van der Waals surface area contributed by atoms with Gasteiger partial charge in [-0.1, -0.05) is 54.7 Å². The monoisotopic (exact) mass is 506 g/mol. The molecule has 0 radical (unpaired) electrons. The Hall–Kier alpha value is -1.76. The third-order valence-electron chi connectivity index (χ3n) is 7.71. The Bertz CT molecular complexity index is 923. The SMILES string of the molecule is CC(CC#CC(O)(C(F)(F)F)C(F)(F)F)C1=CCC2/C(=C/C=C3CC(O)C[C@H](O)C3)CCC[C@]12C. The highest BCUT2D eigenvalue weighted by atomic mass is 19.4. The van der Waals surface area contributed by atoms with E-state index in [2.05, 4.69) is 13.0 Å². The van der Waals surface area contributed by atoms with Crippen LogP contribution in [0.5, 0.6) is 0 Å². The van der Waals surface area contributed by atoms with Gasteiger partial charge in [0, 0.05) is 6.42 Å². The van der Waals surface area contributed by atoms with E-state index < -0.39 is 30.2 Å². The van der Waals surface area contributed by atoms with Crippen LogP contribution in [0.25, 0.3) is 0 Å². The van der Waals surface area contributed by atoms with Crippen molar-refractivity contribution in [2.45, 2.75) is 95.4 Å². The molecule has 3 unspecified atom stereocenters. The summed E-state index contributed by atoms with van der Waals surface area (Å²) in [7, 11) is 0. The number of hydrogen-bond donors (Lipinski definition) is 3. The van der Waals surface area contributed by atoms with Gasteiger partial charge in [0.15, 0.2) is 0 Å². The molecule has 0 saturated heterocycles. The molecule has 196 valence electrons. The van der Waals surface area contributed by atoms with Gasteiger partial charge in [0.25, 0.3) is 0 Å². The van der Waals surface area contributed by atoms with Gasteiger partial charge in [-0.15, -0.1) is 0 Å². The number of rotatable bonds is 3. The van der Waals surface area contributed by atoms with E-state index in [-0.39, 0.29) is 23.7 Å². The highest BCUT2D eigenvalue weighted by molar-refractivity contribution is 5.35. The second-order valence-electron chi connectivity index (χ2n) is 10.3. The van der Waals surface area contributed by atoms with Gasteiger partial charge < -0.3 is 15.3 Å². The van der Waals surface area contributed by atoms with Crippen molar-refractivity contribution in [1.82, 2.24) is 0 Å². The van der Waals surface area contributed by atoms with Gasteiger partial charge in [0.1, 0.15) is 0 Å². The van der Waals surface area contributed by atoms with Crippen molar-refractivity contribution in [3.63, 3.8) is 0 Å². The summed E-state index contributed by atoms with van der Waals surface area (Å²) in [6, 6.07) is 0. The molecule has 35 heavy (non-hydrogen) atoms.